The number of benzene rings is 1. The molecule has 2 aromatic rings. The van der Waals surface area contributed by atoms with Crippen LogP contribution in [0.3, 0.4) is 0 Å². The number of aromatic nitrogens is 1. The third-order valence-electron chi connectivity index (χ3n) is 4.21. The third-order valence-corrected chi connectivity index (χ3v) is 4.21. The van der Waals surface area contributed by atoms with E-state index in [4.69, 9.17) is 16.3 Å². The number of hydrazone groups is 1. The Morgan fingerprint density at radius 1 is 1.23 bits per heavy atom. The van der Waals surface area contributed by atoms with Gasteiger partial charge in [-0.25, -0.2) is 4.79 Å². The molecule has 2 unspecified atom stereocenters. The minimum atomic E-state index is -1.14. The van der Waals surface area contributed by atoms with E-state index in [0.29, 0.717) is 5.69 Å². The van der Waals surface area contributed by atoms with Crippen LogP contribution >= 0.6 is 0 Å². The molecule has 0 aliphatic heterocycles. The first-order valence-corrected chi connectivity index (χ1v) is 9.67. The van der Waals surface area contributed by atoms with Gasteiger partial charge in [0.1, 0.15) is 6.04 Å². The third kappa shape index (κ3) is 7.86. The second-order valence-corrected chi connectivity index (χ2v) is 6.64. The van der Waals surface area contributed by atoms with Gasteiger partial charge in [-0.1, -0.05) is 18.2 Å². The summed E-state index contributed by atoms with van der Waals surface area (Å²) in [6.45, 7) is 1.84. The van der Waals surface area contributed by atoms with Crippen LogP contribution in [-0.4, -0.2) is 47.7 Å². The summed E-state index contributed by atoms with van der Waals surface area (Å²) in [5, 5.41) is 8.65. The number of nitrogens with zero attached hydrogens (tertiary/aromatic N) is 2. The van der Waals surface area contributed by atoms with Crippen LogP contribution in [0.1, 0.15) is 24.5 Å². The van der Waals surface area contributed by atoms with Gasteiger partial charge >= 0.3 is 5.97 Å². The number of carbonyl (C=O) groups excluding carboxylic acids is 3. The van der Waals surface area contributed by atoms with Gasteiger partial charge in [-0.2, -0.15) is 5.10 Å². The first-order valence-electron chi connectivity index (χ1n) is 9.67. The van der Waals surface area contributed by atoms with Gasteiger partial charge in [-0.05, 0) is 36.2 Å². The molecule has 1 heterocycles. The Morgan fingerprint density at radius 2 is 1.97 bits per heavy atom. The van der Waals surface area contributed by atoms with Crippen molar-refractivity contribution in [1.82, 2.24) is 10.3 Å². The zero-order valence-corrected chi connectivity index (χ0v) is 17.2. The fourth-order valence-electron chi connectivity index (χ4n) is 2.71. The lowest BCUT2D eigenvalue weighted by molar-refractivity contribution is -0.147. The van der Waals surface area contributed by atoms with Crippen LogP contribution in [0.5, 0.6) is 0 Å². The average molecular weight is 426 g/mol. The first-order chi connectivity index (χ1) is 14.9. The van der Waals surface area contributed by atoms with Crippen molar-refractivity contribution < 1.29 is 19.1 Å². The van der Waals surface area contributed by atoms with Crippen molar-refractivity contribution >= 4 is 29.7 Å². The predicted octanol–water partition coefficient (Wildman–Crippen LogP) is 0.321. The van der Waals surface area contributed by atoms with Gasteiger partial charge in [-0.15, -0.1) is 0 Å². The molecular weight excluding hydrogens is 400 g/mol. The molecule has 10 heteroatoms. The van der Waals surface area contributed by atoms with Crippen molar-refractivity contribution in [3.8, 4) is 0 Å². The Balaban J connectivity index is 1.94. The van der Waals surface area contributed by atoms with Crippen molar-refractivity contribution in [2.24, 2.45) is 16.7 Å². The second-order valence-electron chi connectivity index (χ2n) is 6.64. The summed E-state index contributed by atoms with van der Waals surface area (Å²) in [4.78, 5) is 41.0. The van der Waals surface area contributed by atoms with E-state index in [2.05, 4.69) is 20.7 Å². The molecule has 0 radical (unpaired) electrons. The molecule has 0 saturated heterocycles. The molecule has 0 fully saturated rings. The minimum absolute atomic E-state index is 0.169. The largest absolute Gasteiger partial charge is 0.464 e. The standard InChI is InChI=1S/C21H26N6O4/c1-2-31-21(30)18(10-15-4-3-9-24-12-15)27-20(29)17(22)11-19(28)26-16-7-5-14(6-8-16)13-25-23/h3-9,12-13,17-18H,2,10-11,22-23H2,1H3,(H,26,28)(H,27,29). The van der Waals surface area contributed by atoms with Gasteiger partial charge in [0.05, 0.1) is 25.3 Å². The molecular formula is C21H26N6O4. The highest BCUT2D eigenvalue weighted by Gasteiger charge is 2.26. The fraction of sp³-hybridized carbons (Fsp3) is 0.286. The van der Waals surface area contributed by atoms with Gasteiger partial charge in [0, 0.05) is 24.5 Å². The number of anilines is 1. The maximum atomic E-state index is 12.5. The van der Waals surface area contributed by atoms with Crippen LogP contribution in [-0.2, 0) is 25.5 Å². The summed E-state index contributed by atoms with van der Waals surface area (Å²) in [6, 6.07) is 8.21. The first kappa shape index (κ1) is 23.5. The molecule has 31 heavy (non-hydrogen) atoms. The Morgan fingerprint density at radius 3 is 2.58 bits per heavy atom. The molecule has 0 saturated carbocycles. The molecule has 1 aromatic heterocycles. The molecule has 2 atom stereocenters. The molecule has 0 aliphatic rings. The summed E-state index contributed by atoms with van der Waals surface area (Å²) >= 11 is 0. The van der Waals surface area contributed by atoms with E-state index in [9.17, 15) is 14.4 Å². The lowest BCUT2D eigenvalue weighted by atomic mass is 10.1. The molecule has 164 valence electrons. The minimum Gasteiger partial charge on any atom is -0.464 e. The molecule has 0 aliphatic carbocycles. The van der Waals surface area contributed by atoms with E-state index < -0.39 is 29.9 Å². The lowest BCUT2D eigenvalue weighted by Crippen LogP contribution is -2.50. The molecule has 0 spiro atoms. The number of hydrogen-bond donors (Lipinski definition) is 4. The van der Waals surface area contributed by atoms with E-state index in [1.807, 2.05) is 0 Å². The zero-order valence-electron chi connectivity index (χ0n) is 17.2. The molecule has 10 nitrogen and oxygen atoms in total. The topological polar surface area (TPSA) is 162 Å². The second kappa shape index (κ2) is 12.0. The van der Waals surface area contributed by atoms with Crippen LogP contribution in [0.15, 0.2) is 53.9 Å². The van der Waals surface area contributed by atoms with E-state index in [0.717, 1.165) is 11.1 Å². The van der Waals surface area contributed by atoms with Crippen molar-refractivity contribution in [3.05, 3.63) is 59.9 Å². The fourth-order valence-corrected chi connectivity index (χ4v) is 2.71. The highest BCUT2D eigenvalue weighted by molar-refractivity contribution is 5.96. The Hall–Kier alpha value is -3.79. The van der Waals surface area contributed by atoms with E-state index in [1.54, 1.807) is 55.7 Å². The van der Waals surface area contributed by atoms with Crippen molar-refractivity contribution in [2.45, 2.75) is 31.8 Å². The van der Waals surface area contributed by atoms with Gasteiger partial charge < -0.3 is 26.9 Å². The summed E-state index contributed by atoms with van der Waals surface area (Å²) in [7, 11) is 0. The van der Waals surface area contributed by atoms with Gasteiger partial charge in [0.25, 0.3) is 0 Å². The summed E-state index contributed by atoms with van der Waals surface area (Å²) in [5.74, 6) is 3.43. The Kier molecular flexibility index (Phi) is 9.12. The molecule has 2 rings (SSSR count). The van der Waals surface area contributed by atoms with Crippen LogP contribution in [0.2, 0.25) is 0 Å². The van der Waals surface area contributed by atoms with Crippen molar-refractivity contribution in [1.29, 1.82) is 0 Å². The summed E-state index contributed by atoms with van der Waals surface area (Å²) in [5.41, 5.74) is 7.94. The number of nitrogens with two attached hydrogens (primary N) is 2. The van der Waals surface area contributed by atoms with Crippen molar-refractivity contribution in [2.75, 3.05) is 11.9 Å². The smallest absolute Gasteiger partial charge is 0.328 e. The summed E-state index contributed by atoms with van der Waals surface area (Å²) in [6.07, 6.45) is 4.60. The SMILES string of the molecule is CCOC(=O)C(Cc1cccnc1)NC(=O)C(N)CC(=O)Nc1ccc(C=NN)cc1. The lowest BCUT2D eigenvalue weighted by Gasteiger charge is -2.19. The molecule has 6 N–H and O–H groups in total. The van der Waals surface area contributed by atoms with Crippen LogP contribution < -0.4 is 22.2 Å². The number of amides is 2. The number of nitrogens with one attached hydrogen (secondary N) is 2. The maximum Gasteiger partial charge on any atom is 0.328 e. The number of hydrogen-bond acceptors (Lipinski definition) is 8. The Labute approximate surface area is 180 Å². The van der Waals surface area contributed by atoms with Crippen molar-refractivity contribution in [3.63, 3.8) is 0 Å². The predicted molar refractivity (Wildman–Crippen MR) is 116 cm³/mol. The van der Waals surface area contributed by atoms with E-state index >= 15 is 0 Å². The zero-order chi connectivity index (χ0) is 22.6. The van der Waals surface area contributed by atoms with Crippen LogP contribution in [0, 0.1) is 0 Å². The molecule has 2 amide bonds. The van der Waals surface area contributed by atoms with Gasteiger partial charge in [-0.3, -0.25) is 14.6 Å². The highest BCUT2D eigenvalue weighted by atomic mass is 16.5. The number of rotatable bonds is 10. The highest BCUT2D eigenvalue weighted by Crippen LogP contribution is 2.09. The van der Waals surface area contributed by atoms with Crippen LogP contribution in [0.4, 0.5) is 5.69 Å². The quantitative estimate of drug-likeness (QED) is 0.184. The van der Waals surface area contributed by atoms with E-state index in [1.165, 1.54) is 6.21 Å². The Bertz CT molecular complexity index is 902. The number of pyridine rings is 1. The number of ether oxygens (including phenoxy) is 1. The van der Waals surface area contributed by atoms with Gasteiger partial charge in [0.2, 0.25) is 11.8 Å². The summed E-state index contributed by atoms with van der Waals surface area (Å²) < 4.78 is 5.03. The molecule has 1 aromatic carbocycles. The normalized spacial score (nSPS) is 12.7. The monoisotopic (exact) mass is 426 g/mol. The van der Waals surface area contributed by atoms with E-state index in [-0.39, 0.29) is 19.4 Å². The van der Waals surface area contributed by atoms with Crippen LogP contribution in [0.25, 0.3) is 0 Å². The average Bonchev–Trinajstić information content (AvgIpc) is 2.75. The maximum absolute atomic E-state index is 12.5. The molecule has 0 bridgehead atoms. The number of carbonyl (C=O) groups is 3. The van der Waals surface area contributed by atoms with Gasteiger partial charge in [0.15, 0.2) is 0 Å². The number of esters is 1.